The van der Waals surface area contributed by atoms with Crippen LogP contribution in [0.15, 0.2) is 18.2 Å². The highest BCUT2D eigenvalue weighted by molar-refractivity contribution is 5.72. The van der Waals surface area contributed by atoms with Gasteiger partial charge in [-0.2, -0.15) is 0 Å². The van der Waals surface area contributed by atoms with E-state index in [1.54, 1.807) is 4.90 Å². The van der Waals surface area contributed by atoms with Gasteiger partial charge in [-0.3, -0.25) is 20.2 Å². The Labute approximate surface area is 125 Å². The van der Waals surface area contributed by atoms with Crippen LogP contribution in [0.3, 0.4) is 0 Å². The van der Waals surface area contributed by atoms with Crippen LogP contribution in [0.1, 0.15) is 6.42 Å². The van der Waals surface area contributed by atoms with Crippen LogP contribution in [0.4, 0.5) is 21.9 Å². The zero-order valence-corrected chi connectivity index (χ0v) is 11.7. The fraction of sp³-hybridized carbons (Fsp3) is 0.417. The summed E-state index contributed by atoms with van der Waals surface area (Å²) in [7, 11) is 0. The van der Waals surface area contributed by atoms with Gasteiger partial charge in [-0.25, -0.2) is 4.79 Å². The number of carbonyl (C=O) groups excluding carboxylic acids is 1. The van der Waals surface area contributed by atoms with Gasteiger partial charge in [0.15, 0.2) is 0 Å². The lowest BCUT2D eigenvalue weighted by atomic mass is 10.2. The maximum Gasteiger partial charge on any atom is 0.314 e. The van der Waals surface area contributed by atoms with Gasteiger partial charge in [0, 0.05) is 32.2 Å². The SMILES string of the molecule is NC(=O)N1CCCN(c2ccc([N+](=O)[O-])cc2[N+](=O)[O-])CC1. The Morgan fingerprint density at radius 1 is 1.09 bits per heavy atom. The van der Waals surface area contributed by atoms with E-state index in [9.17, 15) is 25.0 Å². The maximum atomic E-state index is 11.2. The van der Waals surface area contributed by atoms with Crippen molar-refractivity contribution in [2.24, 2.45) is 5.73 Å². The van der Waals surface area contributed by atoms with E-state index in [2.05, 4.69) is 0 Å². The van der Waals surface area contributed by atoms with Gasteiger partial charge in [-0.05, 0) is 12.5 Å². The van der Waals surface area contributed by atoms with E-state index in [0.717, 1.165) is 6.07 Å². The summed E-state index contributed by atoms with van der Waals surface area (Å²) >= 11 is 0. The van der Waals surface area contributed by atoms with Crippen LogP contribution in [0.5, 0.6) is 0 Å². The molecule has 1 aliphatic heterocycles. The Morgan fingerprint density at radius 3 is 2.41 bits per heavy atom. The topological polar surface area (TPSA) is 136 Å². The van der Waals surface area contributed by atoms with Crippen molar-refractivity contribution in [2.45, 2.75) is 6.42 Å². The van der Waals surface area contributed by atoms with E-state index in [4.69, 9.17) is 5.73 Å². The predicted octanol–water partition coefficient (Wildman–Crippen LogP) is 1.09. The van der Waals surface area contributed by atoms with Crippen LogP contribution < -0.4 is 10.6 Å². The molecule has 22 heavy (non-hydrogen) atoms. The molecule has 1 aliphatic rings. The smallest absolute Gasteiger partial charge is 0.314 e. The van der Waals surface area contributed by atoms with Crippen molar-refractivity contribution in [1.29, 1.82) is 0 Å². The number of amides is 2. The molecule has 0 spiro atoms. The summed E-state index contributed by atoms with van der Waals surface area (Å²) in [5.74, 6) is 0. The largest absolute Gasteiger partial charge is 0.364 e. The first-order valence-electron chi connectivity index (χ1n) is 6.62. The summed E-state index contributed by atoms with van der Waals surface area (Å²) in [6.45, 7) is 1.71. The van der Waals surface area contributed by atoms with Gasteiger partial charge in [-0.1, -0.05) is 0 Å². The van der Waals surface area contributed by atoms with Gasteiger partial charge in [0.25, 0.3) is 11.4 Å². The first-order chi connectivity index (χ1) is 10.4. The van der Waals surface area contributed by atoms with Gasteiger partial charge < -0.3 is 15.5 Å². The van der Waals surface area contributed by atoms with Gasteiger partial charge >= 0.3 is 6.03 Å². The number of nitro benzene ring substituents is 2. The van der Waals surface area contributed by atoms with Crippen LogP contribution in [0, 0.1) is 20.2 Å². The average molecular weight is 309 g/mol. The summed E-state index contributed by atoms with van der Waals surface area (Å²) < 4.78 is 0. The molecule has 1 heterocycles. The molecule has 0 atom stereocenters. The predicted molar refractivity (Wildman–Crippen MR) is 77.7 cm³/mol. The molecule has 10 heteroatoms. The number of hydrogen-bond acceptors (Lipinski definition) is 6. The summed E-state index contributed by atoms with van der Waals surface area (Å²) in [4.78, 5) is 35.0. The highest BCUT2D eigenvalue weighted by Gasteiger charge is 2.25. The van der Waals surface area contributed by atoms with Crippen molar-refractivity contribution in [3.8, 4) is 0 Å². The van der Waals surface area contributed by atoms with Crippen molar-refractivity contribution >= 4 is 23.1 Å². The minimum Gasteiger partial charge on any atom is -0.364 e. The highest BCUT2D eigenvalue weighted by Crippen LogP contribution is 2.32. The molecule has 0 unspecified atom stereocenters. The van der Waals surface area contributed by atoms with Gasteiger partial charge in [-0.15, -0.1) is 0 Å². The van der Waals surface area contributed by atoms with Crippen molar-refractivity contribution < 1.29 is 14.6 Å². The number of carbonyl (C=O) groups is 1. The van der Waals surface area contributed by atoms with E-state index in [-0.39, 0.29) is 11.4 Å². The zero-order chi connectivity index (χ0) is 16.3. The maximum absolute atomic E-state index is 11.2. The molecule has 0 bridgehead atoms. The van der Waals surface area contributed by atoms with E-state index in [1.165, 1.54) is 17.0 Å². The Balaban J connectivity index is 2.29. The third-order valence-electron chi connectivity index (χ3n) is 3.51. The van der Waals surface area contributed by atoms with Crippen LogP contribution in [0.2, 0.25) is 0 Å². The quantitative estimate of drug-likeness (QED) is 0.655. The molecule has 118 valence electrons. The molecule has 1 fully saturated rings. The second-order valence-corrected chi connectivity index (χ2v) is 4.85. The van der Waals surface area contributed by atoms with Crippen molar-refractivity contribution in [3.63, 3.8) is 0 Å². The number of nitro groups is 2. The molecule has 0 aliphatic carbocycles. The molecular weight excluding hydrogens is 294 g/mol. The summed E-state index contributed by atoms with van der Waals surface area (Å²) in [6.07, 6.45) is 0.608. The number of urea groups is 1. The fourth-order valence-corrected chi connectivity index (χ4v) is 2.42. The molecule has 0 radical (unpaired) electrons. The Morgan fingerprint density at radius 2 is 1.82 bits per heavy atom. The normalized spacial score (nSPS) is 15.3. The summed E-state index contributed by atoms with van der Waals surface area (Å²) in [6, 6.07) is 3.03. The number of hydrogen-bond donors (Lipinski definition) is 1. The lowest BCUT2D eigenvalue weighted by Gasteiger charge is -2.22. The molecule has 1 saturated heterocycles. The molecular formula is C12H15N5O5. The Bertz CT molecular complexity index is 620. The number of benzene rings is 1. The lowest BCUT2D eigenvalue weighted by Crippen LogP contribution is -2.38. The second-order valence-electron chi connectivity index (χ2n) is 4.85. The number of nitrogens with two attached hydrogens (primary N) is 1. The van der Waals surface area contributed by atoms with E-state index < -0.39 is 15.9 Å². The van der Waals surface area contributed by atoms with E-state index in [0.29, 0.717) is 38.3 Å². The standard InChI is InChI=1S/C12H15N5O5/c13-12(18)15-5-1-4-14(6-7-15)10-3-2-9(16(19)20)8-11(10)17(21)22/h2-3,8H,1,4-7H2,(H2,13,18). The van der Waals surface area contributed by atoms with Crippen LogP contribution in [0.25, 0.3) is 0 Å². The second kappa shape index (κ2) is 6.24. The van der Waals surface area contributed by atoms with Crippen LogP contribution in [-0.2, 0) is 0 Å². The molecule has 2 rings (SSSR count). The Hall–Kier alpha value is -2.91. The van der Waals surface area contributed by atoms with Crippen molar-refractivity contribution in [3.05, 3.63) is 38.4 Å². The minimum absolute atomic E-state index is 0.307. The zero-order valence-electron chi connectivity index (χ0n) is 11.7. The fourth-order valence-electron chi connectivity index (χ4n) is 2.42. The summed E-state index contributed by atoms with van der Waals surface area (Å²) in [5.41, 5.74) is 4.90. The first-order valence-corrected chi connectivity index (χ1v) is 6.62. The van der Waals surface area contributed by atoms with Crippen LogP contribution in [-0.4, -0.2) is 47.0 Å². The minimum atomic E-state index is -0.673. The third-order valence-corrected chi connectivity index (χ3v) is 3.51. The number of primary amides is 1. The van der Waals surface area contributed by atoms with Crippen molar-refractivity contribution in [1.82, 2.24) is 4.90 Å². The molecule has 10 nitrogen and oxygen atoms in total. The van der Waals surface area contributed by atoms with Gasteiger partial charge in [0.2, 0.25) is 0 Å². The number of anilines is 1. The average Bonchev–Trinajstić information content (AvgIpc) is 2.72. The van der Waals surface area contributed by atoms with E-state index >= 15 is 0 Å². The Kier molecular flexibility index (Phi) is 4.39. The molecule has 0 aromatic heterocycles. The summed E-state index contributed by atoms with van der Waals surface area (Å²) in [5, 5.41) is 21.9. The first kappa shape index (κ1) is 15.5. The lowest BCUT2D eigenvalue weighted by molar-refractivity contribution is -0.393. The molecule has 0 saturated carbocycles. The number of nitrogens with zero attached hydrogens (tertiary/aromatic N) is 4. The van der Waals surface area contributed by atoms with Crippen LogP contribution >= 0.6 is 0 Å². The number of rotatable bonds is 3. The van der Waals surface area contributed by atoms with E-state index in [1.807, 2.05) is 0 Å². The molecule has 1 aromatic rings. The molecule has 1 aromatic carbocycles. The van der Waals surface area contributed by atoms with Crippen molar-refractivity contribution in [2.75, 3.05) is 31.1 Å². The monoisotopic (exact) mass is 309 g/mol. The molecule has 2 N–H and O–H groups in total. The van der Waals surface area contributed by atoms with Gasteiger partial charge in [0.05, 0.1) is 15.9 Å². The van der Waals surface area contributed by atoms with Gasteiger partial charge in [0.1, 0.15) is 5.69 Å². The molecule has 2 amide bonds. The third kappa shape index (κ3) is 3.22. The number of non-ortho nitro benzene ring substituents is 1. The highest BCUT2D eigenvalue weighted by atomic mass is 16.6.